The van der Waals surface area contributed by atoms with Gasteiger partial charge in [0.25, 0.3) is 0 Å². The van der Waals surface area contributed by atoms with Gasteiger partial charge in [-0.05, 0) is 49.4 Å². The van der Waals surface area contributed by atoms with Gasteiger partial charge in [-0.1, -0.05) is 0 Å². The molecule has 0 radical (unpaired) electrons. The molecule has 0 bridgehead atoms. The average molecular weight is 443 g/mol. The van der Waals surface area contributed by atoms with Crippen LogP contribution in [0.1, 0.15) is 52.8 Å². The normalized spacial score (nSPS) is 18.7. The highest BCUT2D eigenvalue weighted by Crippen LogP contribution is 2.45. The third kappa shape index (κ3) is 3.11. The number of H-pyrrole nitrogens is 2. The zero-order valence-electron chi connectivity index (χ0n) is 19.0. The Morgan fingerprint density at radius 3 is 2.79 bits per heavy atom. The molecule has 0 spiro atoms. The lowest BCUT2D eigenvalue weighted by Crippen LogP contribution is -2.34. The van der Waals surface area contributed by atoms with Crippen molar-refractivity contribution in [2.45, 2.75) is 38.7 Å². The van der Waals surface area contributed by atoms with Gasteiger partial charge < -0.3 is 24.8 Å². The first-order valence-electron chi connectivity index (χ1n) is 11.4. The van der Waals surface area contributed by atoms with Crippen LogP contribution < -0.4 is 10.1 Å². The van der Waals surface area contributed by atoms with E-state index in [2.05, 4.69) is 46.3 Å². The summed E-state index contributed by atoms with van der Waals surface area (Å²) in [6.45, 7) is 6.61. The van der Waals surface area contributed by atoms with Crippen molar-refractivity contribution >= 4 is 21.9 Å². The molecule has 8 heteroatoms. The van der Waals surface area contributed by atoms with Crippen LogP contribution in [0.15, 0.2) is 12.3 Å². The van der Waals surface area contributed by atoms with Gasteiger partial charge in [0.2, 0.25) is 5.88 Å². The number of nitriles is 1. The zero-order chi connectivity index (χ0) is 22.7. The molecule has 168 valence electrons. The third-order valence-electron chi connectivity index (χ3n) is 6.90. The molecule has 1 saturated carbocycles. The molecule has 3 aromatic heterocycles. The van der Waals surface area contributed by atoms with E-state index in [9.17, 15) is 5.26 Å². The van der Waals surface area contributed by atoms with E-state index in [-0.39, 0.29) is 6.10 Å². The number of aromatic amines is 2. The molecule has 2 aliphatic rings. The summed E-state index contributed by atoms with van der Waals surface area (Å²) in [7, 11) is 1.61. The Bertz CT molecular complexity index is 1430. The number of benzene rings is 1. The number of nitrogens with zero attached hydrogens (tertiary/aromatic N) is 3. The molecule has 33 heavy (non-hydrogen) atoms. The van der Waals surface area contributed by atoms with Crippen LogP contribution >= 0.6 is 0 Å². The summed E-state index contributed by atoms with van der Waals surface area (Å²) in [6, 6.07) is 4.52. The molecule has 1 saturated heterocycles. The highest BCUT2D eigenvalue weighted by molar-refractivity contribution is 6.00. The number of aromatic nitrogens is 4. The van der Waals surface area contributed by atoms with Crippen LogP contribution in [-0.4, -0.2) is 46.7 Å². The fourth-order valence-corrected chi connectivity index (χ4v) is 5.19. The topological polar surface area (TPSA) is 112 Å². The van der Waals surface area contributed by atoms with Gasteiger partial charge in [0.1, 0.15) is 17.5 Å². The van der Waals surface area contributed by atoms with Crippen LogP contribution in [-0.2, 0) is 4.74 Å². The minimum Gasteiger partial charge on any atom is -0.480 e. The molecule has 4 heterocycles. The van der Waals surface area contributed by atoms with Gasteiger partial charge in [0.05, 0.1) is 41.9 Å². The molecule has 0 amide bonds. The Morgan fingerprint density at radius 1 is 1.24 bits per heavy atom. The number of fused-ring (bicyclic) bond motifs is 2. The van der Waals surface area contributed by atoms with Crippen LogP contribution in [0.25, 0.3) is 33.3 Å². The number of nitrogens with one attached hydrogen (secondary N) is 3. The summed E-state index contributed by atoms with van der Waals surface area (Å²) in [6.07, 6.45) is 3.95. The van der Waals surface area contributed by atoms with Gasteiger partial charge in [-0.3, -0.25) is 0 Å². The molecular weight excluding hydrogens is 416 g/mol. The minimum absolute atomic E-state index is 0.0191. The smallest absolute Gasteiger partial charge is 0.226 e. The third-order valence-corrected chi connectivity index (χ3v) is 6.90. The molecule has 1 aliphatic carbocycles. The van der Waals surface area contributed by atoms with E-state index in [4.69, 9.17) is 14.5 Å². The predicted octanol–water partition coefficient (Wildman–Crippen LogP) is 4.14. The fourth-order valence-electron chi connectivity index (χ4n) is 5.19. The SMILES string of the molecule is COc1ncc2c(C#N)c(C3CC3)[nH]c2c1-c1nc2c(C)c(C3CNCCO3)c(C)cc2[nH]1. The Hall–Kier alpha value is -3.41. The van der Waals surface area contributed by atoms with Gasteiger partial charge >= 0.3 is 0 Å². The number of morpholine rings is 1. The molecular formula is C25H26N6O2. The quantitative estimate of drug-likeness (QED) is 0.438. The fraction of sp³-hybridized carbons (Fsp3) is 0.400. The van der Waals surface area contributed by atoms with Crippen molar-refractivity contribution in [2.75, 3.05) is 26.8 Å². The number of methoxy groups -OCH3 is 1. The monoisotopic (exact) mass is 442 g/mol. The molecule has 8 nitrogen and oxygen atoms in total. The Kier molecular flexibility index (Phi) is 4.64. The molecule has 6 rings (SSSR count). The van der Waals surface area contributed by atoms with Crippen molar-refractivity contribution in [3.8, 4) is 23.3 Å². The lowest BCUT2D eigenvalue weighted by molar-refractivity contribution is 0.0270. The van der Waals surface area contributed by atoms with Crippen LogP contribution in [0.5, 0.6) is 5.88 Å². The zero-order valence-corrected chi connectivity index (χ0v) is 19.0. The second-order valence-electron chi connectivity index (χ2n) is 9.01. The summed E-state index contributed by atoms with van der Waals surface area (Å²) < 4.78 is 11.7. The molecule has 1 aromatic carbocycles. The Morgan fingerprint density at radius 2 is 2.09 bits per heavy atom. The van der Waals surface area contributed by atoms with Crippen molar-refractivity contribution in [1.29, 1.82) is 5.26 Å². The van der Waals surface area contributed by atoms with E-state index in [1.807, 2.05) is 0 Å². The first-order chi connectivity index (χ1) is 16.1. The number of pyridine rings is 1. The van der Waals surface area contributed by atoms with E-state index < -0.39 is 0 Å². The summed E-state index contributed by atoms with van der Waals surface area (Å²) in [4.78, 5) is 16.5. The van der Waals surface area contributed by atoms with Crippen molar-refractivity contribution in [1.82, 2.24) is 25.3 Å². The van der Waals surface area contributed by atoms with Crippen LogP contribution in [0.3, 0.4) is 0 Å². The highest BCUT2D eigenvalue weighted by atomic mass is 16.5. The van der Waals surface area contributed by atoms with E-state index >= 15 is 0 Å². The van der Waals surface area contributed by atoms with Gasteiger partial charge in [-0.15, -0.1) is 0 Å². The maximum absolute atomic E-state index is 9.84. The van der Waals surface area contributed by atoms with Crippen molar-refractivity contribution in [2.24, 2.45) is 0 Å². The summed E-state index contributed by atoms with van der Waals surface area (Å²) in [5.74, 6) is 1.57. The average Bonchev–Trinajstić information content (AvgIpc) is 3.48. The van der Waals surface area contributed by atoms with E-state index in [1.165, 1.54) is 11.1 Å². The van der Waals surface area contributed by atoms with E-state index in [0.717, 1.165) is 64.7 Å². The van der Waals surface area contributed by atoms with Crippen LogP contribution in [0.2, 0.25) is 0 Å². The van der Waals surface area contributed by atoms with Crippen molar-refractivity contribution in [3.05, 3.63) is 40.2 Å². The number of hydrogen-bond donors (Lipinski definition) is 3. The summed E-state index contributed by atoms with van der Waals surface area (Å²) in [5, 5.41) is 14.1. The first kappa shape index (κ1) is 20.2. The maximum Gasteiger partial charge on any atom is 0.226 e. The van der Waals surface area contributed by atoms with Crippen LogP contribution in [0.4, 0.5) is 0 Å². The van der Waals surface area contributed by atoms with Gasteiger partial charge in [-0.25, -0.2) is 9.97 Å². The van der Waals surface area contributed by atoms with Crippen molar-refractivity contribution < 1.29 is 9.47 Å². The number of aryl methyl sites for hydroxylation is 2. The first-order valence-corrected chi connectivity index (χ1v) is 11.4. The molecule has 1 unspecified atom stereocenters. The van der Waals surface area contributed by atoms with E-state index in [0.29, 0.717) is 29.8 Å². The van der Waals surface area contributed by atoms with Gasteiger partial charge in [-0.2, -0.15) is 5.26 Å². The lowest BCUT2D eigenvalue weighted by atomic mass is 9.96. The molecule has 1 aliphatic heterocycles. The number of hydrogen-bond acceptors (Lipinski definition) is 6. The number of ether oxygens (including phenoxy) is 2. The largest absolute Gasteiger partial charge is 0.480 e. The van der Waals surface area contributed by atoms with Crippen molar-refractivity contribution in [3.63, 3.8) is 0 Å². The molecule has 3 N–H and O–H groups in total. The lowest BCUT2D eigenvalue weighted by Gasteiger charge is -2.26. The molecule has 4 aromatic rings. The van der Waals surface area contributed by atoms with Gasteiger partial charge in [0, 0.05) is 36.3 Å². The number of imidazole rings is 1. The standard InChI is InChI=1S/C25H26N6O2/c1-12-8-17-21(13(2)19(12)18-11-27-6-7-33-18)31-24(29-17)20-23-16(10-28-25(20)32-3)15(9-26)22(30-23)14-4-5-14/h8,10,14,18,27,30H,4-7,11H2,1-3H3,(H,29,31). The summed E-state index contributed by atoms with van der Waals surface area (Å²) in [5.41, 5.74) is 8.62. The maximum atomic E-state index is 9.84. The number of rotatable bonds is 4. The highest BCUT2D eigenvalue weighted by Gasteiger charge is 2.31. The van der Waals surface area contributed by atoms with E-state index in [1.54, 1.807) is 13.3 Å². The predicted molar refractivity (Wildman–Crippen MR) is 125 cm³/mol. The molecule has 2 fully saturated rings. The minimum atomic E-state index is 0.0191. The van der Waals surface area contributed by atoms with Crippen LogP contribution in [0, 0.1) is 25.2 Å². The Balaban J connectivity index is 1.57. The second-order valence-corrected chi connectivity index (χ2v) is 9.01. The van der Waals surface area contributed by atoms with Gasteiger partial charge in [0.15, 0.2) is 0 Å². The summed E-state index contributed by atoms with van der Waals surface area (Å²) >= 11 is 0. The Labute approximate surface area is 191 Å². The molecule has 1 atom stereocenters. The second kappa shape index (κ2) is 7.58.